The van der Waals surface area contributed by atoms with Crippen molar-refractivity contribution in [3.8, 4) is 0 Å². The molecular formula is C19H15FN2O3. The molecule has 2 aromatic rings. The Bertz CT molecular complexity index is 901. The van der Waals surface area contributed by atoms with Crippen LogP contribution < -0.4 is 4.90 Å². The molecule has 2 aliphatic heterocycles. The number of fused-ring (bicyclic) bond motifs is 1. The van der Waals surface area contributed by atoms with Crippen LogP contribution in [0.3, 0.4) is 0 Å². The number of nitrogens with zero attached hydrogens (tertiary/aromatic N) is 2. The molecule has 0 unspecified atom stereocenters. The molecule has 0 spiro atoms. The Hall–Kier alpha value is -3.02. The summed E-state index contributed by atoms with van der Waals surface area (Å²) in [5, 5.41) is 3.91. The highest BCUT2D eigenvalue weighted by molar-refractivity contribution is 6.32. The SMILES string of the molecule is Cc1cc(C)cc(N2C(=O)[C@H]3C(c4ccc(F)cc4)=NO[C@H]3C2=O)c1. The van der Waals surface area contributed by atoms with Gasteiger partial charge in [-0.15, -0.1) is 0 Å². The van der Waals surface area contributed by atoms with Crippen LogP contribution in [0.2, 0.25) is 0 Å². The summed E-state index contributed by atoms with van der Waals surface area (Å²) in [5.74, 6) is -1.99. The van der Waals surface area contributed by atoms with Crippen LogP contribution in [0.5, 0.6) is 0 Å². The first-order valence-electron chi connectivity index (χ1n) is 7.91. The van der Waals surface area contributed by atoms with Gasteiger partial charge < -0.3 is 4.84 Å². The molecule has 0 bridgehead atoms. The van der Waals surface area contributed by atoms with E-state index in [9.17, 15) is 14.0 Å². The monoisotopic (exact) mass is 338 g/mol. The molecule has 0 radical (unpaired) electrons. The fourth-order valence-corrected chi connectivity index (χ4v) is 3.37. The number of oxime groups is 1. The second-order valence-electron chi connectivity index (χ2n) is 6.34. The number of aryl methyl sites for hydroxylation is 2. The number of carbonyl (C=O) groups is 2. The number of hydrogen-bond acceptors (Lipinski definition) is 4. The minimum absolute atomic E-state index is 0.357. The van der Waals surface area contributed by atoms with E-state index in [1.807, 2.05) is 19.9 Å². The normalized spacial score (nSPS) is 22.0. The smallest absolute Gasteiger partial charge is 0.278 e. The van der Waals surface area contributed by atoms with Gasteiger partial charge >= 0.3 is 0 Å². The largest absolute Gasteiger partial charge is 0.381 e. The standard InChI is InChI=1S/C19H15FN2O3/c1-10-7-11(2)9-14(8-10)22-18(23)15-16(21-25-17(15)19(22)24)12-3-5-13(20)6-4-12/h3-9,15,17H,1-2H3/t15-,17+/m0/s1. The molecule has 1 saturated heterocycles. The van der Waals surface area contributed by atoms with Crippen molar-refractivity contribution in [2.45, 2.75) is 20.0 Å². The first-order chi connectivity index (χ1) is 12.0. The fraction of sp³-hybridized carbons (Fsp3) is 0.211. The van der Waals surface area contributed by atoms with E-state index in [4.69, 9.17) is 4.84 Å². The van der Waals surface area contributed by atoms with E-state index < -0.39 is 17.9 Å². The van der Waals surface area contributed by atoms with Gasteiger partial charge in [-0.1, -0.05) is 23.4 Å². The number of benzene rings is 2. The summed E-state index contributed by atoms with van der Waals surface area (Å²) >= 11 is 0. The third kappa shape index (κ3) is 2.41. The number of halogens is 1. The summed E-state index contributed by atoms with van der Waals surface area (Å²) in [6.07, 6.45) is -0.964. The molecule has 25 heavy (non-hydrogen) atoms. The summed E-state index contributed by atoms with van der Waals surface area (Å²) in [4.78, 5) is 32.1. The molecule has 2 aromatic carbocycles. The molecule has 0 N–H and O–H groups in total. The maximum atomic E-state index is 13.1. The van der Waals surface area contributed by atoms with Crippen molar-refractivity contribution in [3.63, 3.8) is 0 Å². The topological polar surface area (TPSA) is 59.0 Å². The van der Waals surface area contributed by atoms with Crippen LogP contribution in [-0.2, 0) is 14.4 Å². The van der Waals surface area contributed by atoms with Crippen molar-refractivity contribution < 1.29 is 18.8 Å². The molecule has 6 heteroatoms. The Morgan fingerprint density at radius 1 is 1.00 bits per heavy atom. The molecule has 0 saturated carbocycles. The highest BCUT2D eigenvalue weighted by Gasteiger charge is 2.56. The average Bonchev–Trinajstić information content (AvgIpc) is 3.08. The van der Waals surface area contributed by atoms with Gasteiger partial charge in [0.1, 0.15) is 17.4 Å². The molecular weight excluding hydrogens is 323 g/mol. The number of hydrogen-bond donors (Lipinski definition) is 0. The van der Waals surface area contributed by atoms with E-state index in [-0.39, 0.29) is 11.7 Å². The van der Waals surface area contributed by atoms with Gasteiger partial charge in [-0.25, -0.2) is 9.29 Å². The quantitative estimate of drug-likeness (QED) is 0.791. The Kier molecular flexibility index (Phi) is 3.42. The zero-order valence-electron chi connectivity index (χ0n) is 13.7. The molecule has 5 nitrogen and oxygen atoms in total. The predicted molar refractivity (Wildman–Crippen MR) is 89.7 cm³/mol. The van der Waals surface area contributed by atoms with Crippen molar-refractivity contribution in [1.82, 2.24) is 0 Å². The van der Waals surface area contributed by atoms with Crippen LogP contribution in [0.4, 0.5) is 10.1 Å². The van der Waals surface area contributed by atoms with Gasteiger partial charge in [0, 0.05) is 5.56 Å². The average molecular weight is 338 g/mol. The highest BCUT2D eigenvalue weighted by atomic mass is 19.1. The number of imide groups is 1. The van der Waals surface area contributed by atoms with Crippen molar-refractivity contribution in [2.24, 2.45) is 11.1 Å². The first-order valence-corrected chi connectivity index (χ1v) is 7.91. The van der Waals surface area contributed by atoms with Gasteiger partial charge in [0.15, 0.2) is 0 Å². The molecule has 0 aliphatic carbocycles. The van der Waals surface area contributed by atoms with Crippen LogP contribution in [0.15, 0.2) is 47.6 Å². The number of anilines is 1. The second kappa shape index (κ2) is 5.51. The number of amides is 2. The number of rotatable bonds is 2. The molecule has 2 heterocycles. The van der Waals surface area contributed by atoms with Crippen LogP contribution in [0, 0.1) is 25.6 Å². The lowest BCUT2D eigenvalue weighted by Gasteiger charge is -2.16. The van der Waals surface area contributed by atoms with Gasteiger partial charge in [0.05, 0.1) is 5.69 Å². The second-order valence-corrected chi connectivity index (χ2v) is 6.34. The third-order valence-corrected chi connectivity index (χ3v) is 4.42. The summed E-state index contributed by atoms with van der Waals surface area (Å²) in [7, 11) is 0. The first kappa shape index (κ1) is 15.5. The summed E-state index contributed by atoms with van der Waals surface area (Å²) in [6, 6.07) is 11.2. The number of carbonyl (C=O) groups excluding carboxylic acids is 2. The molecule has 2 atom stereocenters. The lowest BCUT2D eigenvalue weighted by molar-refractivity contribution is -0.126. The van der Waals surface area contributed by atoms with Crippen molar-refractivity contribution in [3.05, 3.63) is 65.0 Å². The van der Waals surface area contributed by atoms with Crippen LogP contribution >= 0.6 is 0 Å². The summed E-state index contributed by atoms with van der Waals surface area (Å²) in [6.45, 7) is 3.81. The lowest BCUT2D eigenvalue weighted by atomic mass is 9.94. The van der Waals surface area contributed by atoms with Crippen LogP contribution in [-0.4, -0.2) is 23.6 Å². The van der Waals surface area contributed by atoms with Crippen molar-refractivity contribution in [1.29, 1.82) is 0 Å². The van der Waals surface area contributed by atoms with Crippen LogP contribution in [0.25, 0.3) is 0 Å². The van der Waals surface area contributed by atoms with Crippen LogP contribution in [0.1, 0.15) is 16.7 Å². The maximum absolute atomic E-state index is 13.1. The Labute approximate surface area is 143 Å². The van der Waals surface area contributed by atoms with E-state index in [1.165, 1.54) is 24.3 Å². The molecule has 0 aromatic heterocycles. The zero-order chi connectivity index (χ0) is 17.7. The molecule has 1 fully saturated rings. The minimum atomic E-state index is -0.964. The molecule has 2 amide bonds. The summed E-state index contributed by atoms with van der Waals surface area (Å²) in [5.41, 5.74) is 3.37. The van der Waals surface area contributed by atoms with Gasteiger partial charge in [0.25, 0.3) is 5.91 Å². The lowest BCUT2D eigenvalue weighted by Crippen LogP contribution is -2.33. The van der Waals surface area contributed by atoms with E-state index >= 15 is 0 Å². The van der Waals surface area contributed by atoms with Gasteiger partial charge in [-0.05, 0) is 49.2 Å². The Morgan fingerprint density at radius 2 is 1.64 bits per heavy atom. The van der Waals surface area contributed by atoms with E-state index in [0.717, 1.165) is 16.0 Å². The maximum Gasteiger partial charge on any atom is 0.278 e. The van der Waals surface area contributed by atoms with Gasteiger partial charge in [-0.3, -0.25) is 9.59 Å². The third-order valence-electron chi connectivity index (χ3n) is 4.42. The zero-order valence-corrected chi connectivity index (χ0v) is 13.7. The van der Waals surface area contributed by atoms with E-state index in [1.54, 1.807) is 12.1 Å². The minimum Gasteiger partial charge on any atom is -0.381 e. The molecule has 4 rings (SSSR count). The summed E-state index contributed by atoms with van der Waals surface area (Å²) < 4.78 is 13.1. The highest BCUT2D eigenvalue weighted by Crippen LogP contribution is 2.35. The van der Waals surface area contributed by atoms with Gasteiger partial charge in [-0.2, -0.15) is 0 Å². The van der Waals surface area contributed by atoms with Gasteiger partial charge in [0.2, 0.25) is 12.0 Å². The van der Waals surface area contributed by atoms with Crippen molar-refractivity contribution >= 4 is 23.2 Å². The Morgan fingerprint density at radius 3 is 2.28 bits per heavy atom. The van der Waals surface area contributed by atoms with Crippen molar-refractivity contribution in [2.75, 3.05) is 4.90 Å². The van der Waals surface area contributed by atoms with E-state index in [0.29, 0.717) is 17.0 Å². The Balaban J connectivity index is 1.72. The molecule has 2 aliphatic rings. The van der Waals surface area contributed by atoms with E-state index in [2.05, 4.69) is 5.16 Å². The molecule has 126 valence electrons. The predicted octanol–water partition coefficient (Wildman–Crippen LogP) is 2.74. The fourth-order valence-electron chi connectivity index (χ4n) is 3.37.